The fourth-order valence-corrected chi connectivity index (χ4v) is 4.39. The van der Waals surface area contributed by atoms with Crippen molar-refractivity contribution in [3.05, 3.63) is 42.0 Å². The number of benzene rings is 2. The van der Waals surface area contributed by atoms with E-state index in [1.807, 2.05) is 18.2 Å². The number of aromatic hydroxyl groups is 1. The fraction of sp³-hybridized carbons (Fsp3) is 0.474. The maximum atomic E-state index is 10.7. The van der Waals surface area contributed by atoms with E-state index in [1.54, 1.807) is 0 Å². The Hall–Kier alpha value is -1.54. The summed E-state index contributed by atoms with van der Waals surface area (Å²) in [4.78, 5) is 2.57. The van der Waals surface area contributed by atoms with E-state index < -0.39 is 0 Å². The number of rotatable bonds is 2. The van der Waals surface area contributed by atoms with Crippen LogP contribution in [0.4, 0.5) is 0 Å². The van der Waals surface area contributed by atoms with Crippen molar-refractivity contribution in [2.75, 3.05) is 13.1 Å². The van der Waals surface area contributed by atoms with Crippen LogP contribution in [0.15, 0.2) is 36.4 Å². The van der Waals surface area contributed by atoms with E-state index in [2.05, 4.69) is 30.0 Å². The monoisotopic (exact) mass is 281 g/mol. The van der Waals surface area contributed by atoms with Gasteiger partial charge in [-0.3, -0.25) is 4.90 Å². The zero-order valence-corrected chi connectivity index (χ0v) is 12.6. The van der Waals surface area contributed by atoms with E-state index in [9.17, 15) is 5.11 Å². The maximum Gasteiger partial charge on any atom is 0.128 e. The number of hydrogen-bond donors (Lipinski definition) is 1. The highest BCUT2D eigenvalue weighted by Gasteiger charge is 2.38. The second-order valence-corrected chi connectivity index (χ2v) is 6.81. The summed E-state index contributed by atoms with van der Waals surface area (Å²) in [6, 6.07) is 12.6. The second-order valence-electron chi connectivity index (χ2n) is 6.81. The third-order valence-corrected chi connectivity index (χ3v) is 5.68. The fourth-order valence-electron chi connectivity index (χ4n) is 4.39. The van der Waals surface area contributed by atoms with Crippen molar-refractivity contribution in [1.82, 2.24) is 4.90 Å². The maximum absolute atomic E-state index is 10.7. The lowest BCUT2D eigenvalue weighted by atomic mass is 10.00. The van der Waals surface area contributed by atoms with E-state index in [-0.39, 0.29) is 0 Å². The van der Waals surface area contributed by atoms with Gasteiger partial charge in [0.2, 0.25) is 0 Å². The lowest BCUT2D eigenvalue weighted by molar-refractivity contribution is 0.238. The van der Waals surface area contributed by atoms with Gasteiger partial charge >= 0.3 is 0 Å². The smallest absolute Gasteiger partial charge is 0.128 e. The Kier molecular flexibility index (Phi) is 3.15. The molecule has 2 fully saturated rings. The molecule has 0 radical (unpaired) electrons. The summed E-state index contributed by atoms with van der Waals surface area (Å²) in [7, 11) is 0. The molecule has 1 aliphatic heterocycles. The normalized spacial score (nSPS) is 27.1. The standard InChI is InChI=1S/C19H23NO/c1-13(20-11-15-6-4-7-16(15)12-20)17-10-9-14-5-2-3-8-18(14)19(17)21/h2-3,5,8-10,13,15-16,21H,4,6-7,11-12H2,1H3. The summed E-state index contributed by atoms with van der Waals surface area (Å²) in [5, 5.41) is 12.7. The molecule has 4 rings (SSSR count). The van der Waals surface area contributed by atoms with Gasteiger partial charge in [-0.1, -0.05) is 42.8 Å². The Bertz CT molecular complexity index is 654. The average Bonchev–Trinajstić information content (AvgIpc) is 3.08. The van der Waals surface area contributed by atoms with Crippen molar-refractivity contribution in [3.63, 3.8) is 0 Å². The van der Waals surface area contributed by atoms with Crippen molar-refractivity contribution in [3.8, 4) is 5.75 Å². The molecule has 110 valence electrons. The predicted molar refractivity (Wildman–Crippen MR) is 86.4 cm³/mol. The van der Waals surface area contributed by atoms with Crippen LogP contribution in [-0.4, -0.2) is 23.1 Å². The topological polar surface area (TPSA) is 23.5 Å². The largest absolute Gasteiger partial charge is 0.507 e. The molecule has 1 N–H and O–H groups in total. The summed E-state index contributed by atoms with van der Waals surface area (Å²) in [6.07, 6.45) is 4.22. The molecule has 3 atom stereocenters. The van der Waals surface area contributed by atoms with Crippen molar-refractivity contribution in [2.45, 2.75) is 32.2 Å². The molecule has 2 aromatic rings. The molecule has 1 aliphatic carbocycles. The van der Waals surface area contributed by atoms with Crippen LogP contribution >= 0.6 is 0 Å². The van der Waals surface area contributed by atoms with Crippen molar-refractivity contribution < 1.29 is 5.11 Å². The highest BCUT2D eigenvalue weighted by atomic mass is 16.3. The molecule has 2 aliphatic rings. The van der Waals surface area contributed by atoms with Crippen molar-refractivity contribution >= 4 is 10.8 Å². The van der Waals surface area contributed by atoms with Crippen molar-refractivity contribution in [2.24, 2.45) is 11.8 Å². The molecule has 2 aromatic carbocycles. The lowest BCUT2D eigenvalue weighted by Gasteiger charge is -2.26. The van der Waals surface area contributed by atoms with Crippen molar-refractivity contribution in [1.29, 1.82) is 0 Å². The minimum atomic E-state index is 0.306. The van der Waals surface area contributed by atoms with E-state index >= 15 is 0 Å². The molecule has 0 amide bonds. The van der Waals surface area contributed by atoms with Crippen LogP contribution in [-0.2, 0) is 0 Å². The quantitative estimate of drug-likeness (QED) is 0.885. The van der Waals surface area contributed by atoms with E-state index in [0.29, 0.717) is 11.8 Å². The average molecular weight is 281 g/mol. The Morgan fingerprint density at radius 3 is 2.52 bits per heavy atom. The first kappa shape index (κ1) is 13.1. The highest BCUT2D eigenvalue weighted by Crippen LogP contribution is 2.42. The second kappa shape index (κ2) is 5.03. The van der Waals surface area contributed by atoms with Gasteiger partial charge in [-0.15, -0.1) is 0 Å². The Morgan fingerprint density at radius 2 is 1.76 bits per heavy atom. The van der Waals surface area contributed by atoms with Gasteiger partial charge in [-0.05, 0) is 37.0 Å². The predicted octanol–water partition coefficient (Wildman–Crippen LogP) is 4.34. The van der Waals surface area contributed by atoms with Gasteiger partial charge in [-0.25, -0.2) is 0 Å². The van der Waals surface area contributed by atoms with Crippen LogP contribution in [0.1, 0.15) is 37.8 Å². The van der Waals surface area contributed by atoms with Gasteiger partial charge in [0, 0.05) is 30.1 Å². The Morgan fingerprint density at radius 1 is 1.05 bits per heavy atom. The summed E-state index contributed by atoms with van der Waals surface area (Å²) >= 11 is 0. The number of phenols is 1. The number of nitrogens with zero attached hydrogens (tertiary/aromatic N) is 1. The van der Waals surface area contributed by atoms with Crippen LogP contribution in [0.2, 0.25) is 0 Å². The van der Waals surface area contributed by atoms with E-state index in [0.717, 1.165) is 28.2 Å². The number of likely N-dealkylation sites (tertiary alicyclic amines) is 1. The van der Waals surface area contributed by atoms with Crippen LogP contribution in [0, 0.1) is 11.8 Å². The molecule has 0 aromatic heterocycles. The first-order valence-electron chi connectivity index (χ1n) is 8.18. The minimum Gasteiger partial charge on any atom is -0.507 e. The van der Waals surface area contributed by atoms with Gasteiger partial charge in [-0.2, -0.15) is 0 Å². The molecular weight excluding hydrogens is 258 g/mol. The van der Waals surface area contributed by atoms with Crippen LogP contribution in [0.5, 0.6) is 5.75 Å². The molecule has 1 saturated carbocycles. The molecule has 2 heteroatoms. The van der Waals surface area contributed by atoms with Gasteiger partial charge in [0.15, 0.2) is 0 Å². The first-order chi connectivity index (χ1) is 10.2. The molecule has 21 heavy (non-hydrogen) atoms. The molecular formula is C19H23NO. The summed E-state index contributed by atoms with van der Waals surface area (Å²) < 4.78 is 0. The van der Waals surface area contributed by atoms with E-state index in [1.165, 1.54) is 32.4 Å². The SMILES string of the molecule is CC(c1ccc2ccccc2c1O)N1CC2CCCC2C1. The lowest BCUT2D eigenvalue weighted by Crippen LogP contribution is -2.25. The van der Waals surface area contributed by atoms with Crippen LogP contribution in [0.3, 0.4) is 0 Å². The minimum absolute atomic E-state index is 0.306. The first-order valence-corrected chi connectivity index (χ1v) is 8.18. The number of hydrogen-bond acceptors (Lipinski definition) is 2. The molecule has 0 spiro atoms. The van der Waals surface area contributed by atoms with Gasteiger partial charge in [0.05, 0.1) is 0 Å². The summed E-state index contributed by atoms with van der Waals surface area (Å²) in [5.74, 6) is 2.27. The molecule has 1 saturated heterocycles. The number of phenolic OH excluding ortho intramolecular Hbond substituents is 1. The zero-order chi connectivity index (χ0) is 14.4. The molecule has 0 bridgehead atoms. The Labute approximate surface area is 126 Å². The van der Waals surface area contributed by atoms with Crippen LogP contribution < -0.4 is 0 Å². The van der Waals surface area contributed by atoms with Gasteiger partial charge in [0.25, 0.3) is 0 Å². The highest BCUT2D eigenvalue weighted by molar-refractivity contribution is 5.89. The summed E-state index contributed by atoms with van der Waals surface area (Å²) in [5.41, 5.74) is 1.08. The van der Waals surface area contributed by atoms with Crippen LogP contribution in [0.25, 0.3) is 10.8 Å². The van der Waals surface area contributed by atoms with Gasteiger partial charge in [0.1, 0.15) is 5.75 Å². The third kappa shape index (κ3) is 2.13. The molecule has 3 unspecified atom stereocenters. The molecule has 1 heterocycles. The number of fused-ring (bicyclic) bond motifs is 2. The zero-order valence-electron chi connectivity index (χ0n) is 12.6. The molecule has 2 nitrogen and oxygen atoms in total. The van der Waals surface area contributed by atoms with E-state index in [4.69, 9.17) is 0 Å². The summed E-state index contributed by atoms with van der Waals surface area (Å²) in [6.45, 7) is 4.65. The third-order valence-electron chi connectivity index (χ3n) is 5.68. The Balaban J connectivity index is 1.65. The van der Waals surface area contributed by atoms with Gasteiger partial charge < -0.3 is 5.11 Å².